The molecule has 4 aliphatic carbocycles. The molecule has 0 heterocycles. The molecule has 0 aromatic carbocycles. The van der Waals surface area contributed by atoms with Crippen molar-refractivity contribution in [2.45, 2.75) is 125 Å². The monoisotopic (exact) mass is 429 g/mol. The van der Waals surface area contributed by atoms with Gasteiger partial charge in [-0.15, -0.1) is 0 Å². The Bertz CT molecular complexity index is 622. The van der Waals surface area contributed by atoms with Gasteiger partial charge in [0.05, 0.1) is 0 Å². The minimum absolute atomic E-state index is 0.441. The van der Waals surface area contributed by atoms with E-state index in [1.165, 1.54) is 64.2 Å². The highest BCUT2D eigenvalue weighted by Gasteiger charge is 2.64. The zero-order valence-corrected chi connectivity index (χ0v) is 22.4. The SMILES string of the molecule is C[NH+]C1CCC2(C)C3CCC4(C)C(C(C)CCCC(C)C)CCC4C3CCC2C1(C)C. The van der Waals surface area contributed by atoms with Crippen LogP contribution in [0, 0.1) is 57.7 Å². The Morgan fingerprint density at radius 3 is 2.13 bits per heavy atom. The first-order valence-electron chi connectivity index (χ1n) is 14.2. The van der Waals surface area contributed by atoms with Crippen LogP contribution in [-0.4, -0.2) is 13.1 Å². The maximum absolute atomic E-state index is 3.70. The van der Waals surface area contributed by atoms with E-state index in [-0.39, 0.29) is 0 Å². The quantitative estimate of drug-likeness (QED) is 0.464. The van der Waals surface area contributed by atoms with E-state index in [0.29, 0.717) is 22.3 Å². The Labute approximate surface area is 195 Å². The van der Waals surface area contributed by atoms with Gasteiger partial charge in [-0.05, 0) is 97.2 Å². The molecule has 0 spiro atoms. The first kappa shape index (κ1) is 24.1. The largest absolute Gasteiger partial charge is 0.182 e. The van der Waals surface area contributed by atoms with Gasteiger partial charge in [-0.1, -0.05) is 67.7 Å². The van der Waals surface area contributed by atoms with Crippen molar-refractivity contribution in [3.63, 3.8) is 0 Å². The van der Waals surface area contributed by atoms with Crippen molar-refractivity contribution < 1.29 is 5.32 Å². The van der Waals surface area contributed by atoms with Crippen molar-refractivity contribution in [2.75, 3.05) is 7.05 Å². The standard InChI is InChI=1S/C30H55N/c1-20(2)10-9-11-21(3)23-13-14-24-22-12-15-26-28(4,5)27(31-8)17-19-30(26,7)25(22)16-18-29(23,24)6/h20-27,31H,9-19H2,1-8H3/q+1. The molecule has 31 heavy (non-hydrogen) atoms. The highest BCUT2D eigenvalue weighted by molar-refractivity contribution is 5.12. The number of hydrogen-bond donors (Lipinski definition) is 1. The lowest BCUT2D eigenvalue weighted by Crippen LogP contribution is -2.91. The van der Waals surface area contributed by atoms with Gasteiger partial charge in [-0.25, -0.2) is 0 Å². The smallest absolute Gasteiger partial charge is 0.136 e. The van der Waals surface area contributed by atoms with Gasteiger partial charge in [-0.3, -0.25) is 0 Å². The third kappa shape index (κ3) is 3.85. The van der Waals surface area contributed by atoms with Crippen molar-refractivity contribution in [3.05, 3.63) is 0 Å². The minimum atomic E-state index is 0.441. The summed E-state index contributed by atoms with van der Waals surface area (Å²) in [6.07, 6.45) is 16.3. The summed E-state index contributed by atoms with van der Waals surface area (Å²) in [4.78, 5) is 0. The van der Waals surface area contributed by atoms with Gasteiger partial charge in [0.25, 0.3) is 0 Å². The second kappa shape index (κ2) is 8.63. The van der Waals surface area contributed by atoms with Gasteiger partial charge in [-0.2, -0.15) is 5.32 Å². The Morgan fingerprint density at radius 2 is 1.45 bits per heavy atom. The number of hydrogen-bond acceptors (Lipinski definition) is 1. The molecule has 4 saturated carbocycles. The molecule has 4 aliphatic rings. The summed E-state index contributed by atoms with van der Waals surface area (Å²) in [6.45, 7) is 18.1. The van der Waals surface area contributed by atoms with E-state index in [0.717, 1.165) is 41.4 Å². The fourth-order valence-electron chi connectivity index (χ4n) is 10.6. The Morgan fingerprint density at radius 1 is 0.774 bits per heavy atom. The van der Waals surface area contributed by atoms with Crippen molar-refractivity contribution >= 4 is 0 Å². The van der Waals surface area contributed by atoms with Crippen molar-refractivity contribution in [1.29, 1.82) is 0 Å². The molecule has 0 aromatic rings. The van der Waals surface area contributed by atoms with Crippen molar-refractivity contribution in [1.82, 2.24) is 0 Å². The van der Waals surface area contributed by atoms with E-state index in [2.05, 4.69) is 60.8 Å². The van der Waals surface area contributed by atoms with Crippen LogP contribution in [0.4, 0.5) is 0 Å². The second-order valence-electron chi connectivity index (χ2n) is 14.2. The Balaban J connectivity index is 1.50. The average Bonchev–Trinajstić information content (AvgIpc) is 3.04. The Kier molecular flexibility index (Phi) is 6.71. The topological polar surface area (TPSA) is 15.6 Å². The summed E-state index contributed by atoms with van der Waals surface area (Å²) < 4.78 is 0. The van der Waals surface area contributed by atoms with Crippen molar-refractivity contribution in [3.8, 4) is 0 Å². The van der Waals surface area contributed by atoms with E-state index in [1.807, 2.05) is 0 Å². The van der Waals surface area contributed by atoms with Crippen LogP contribution >= 0.6 is 0 Å². The first-order chi connectivity index (χ1) is 14.6. The molecule has 1 nitrogen and oxygen atoms in total. The lowest BCUT2D eigenvalue weighted by atomic mass is 9.40. The van der Waals surface area contributed by atoms with Crippen LogP contribution < -0.4 is 5.32 Å². The molecule has 0 amide bonds. The molecule has 9 atom stereocenters. The van der Waals surface area contributed by atoms with Gasteiger partial charge in [0, 0.05) is 11.8 Å². The van der Waals surface area contributed by atoms with Crippen LogP contribution in [0.5, 0.6) is 0 Å². The average molecular weight is 430 g/mol. The van der Waals surface area contributed by atoms with Gasteiger partial charge in [0.2, 0.25) is 0 Å². The van der Waals surface area contributed by atoms with Crippen LogP contribution in [-0.2, 0) is 0 Å². The summed E-state index contributed by atoms with van der Waals surface area (Å²) in [5.74, 6) is 6.74. The summed E-state index contributed by atoms with van der Waals surface area (Å²) in [6, 6.07) is 0.707. The van der Waals surface area contributed by atoms with Crippen LogP contribution in [0.25, 0.3) is 0 Å². The normalized spacial score (nSPS) is 47.5. The van der Waals surface area contributed by atoms with Gasteiger partial charge in [0.1, 0.15) is 13.1 Å². The predicted molar refractivity (Wildman–Crippen MR) is 133 cm³/mol. The van der Waals surface area contributed by atoms with E-state index in [9.17, 15) is 0 Å². The third-order valence-corrected chi connectivity index (χ3v) is 12.2. The van der Waals surface area contributed by atoms with Gasteiger partial charge in [0.15, 0.2) is 0 Å². The van der Waals surface area contributed by atoms with Gasteiger partial charge >= 0.3 is 0 Å². The lowest BCUT2D eigenvalue weighted by Gasteiger charge is -2.64. The van der Waals surface area contributed by atoms with E-state index >= 15 is 0 Å². The molecule has 0 aliphatic heterocycles. The molecule has 0 aromatic heterocycles. The molecule has 179 valence electrons. The van der Waals surface area contributed by atoms with Crippen LogP contribution in [0.3, 0.4) is 0 Å². The molecule has 1 radical (unpaired) electrons. The predicted octanol–water partition coefficient (Wildman–Crippen LogP) is 7.09. The molecule has 9 unspecified atom stereocenters. The summed E-state index contributed by atoms with van der Waals surface area (Å²) >= 11 is 0. The number of nitrogens with one attached hydrogen (secondary N) is 1. The molecule has 4 fully saturated rings. The summed E-state index contributed by atoms with van der Waals surface area (Å²) in [5.41, 5.74) is 1.66. The van der Waals surface area contributed by atoms with E-state index in [1.54, 1.807) is 6.42 Å². The number of fused-ring (bicyclic) bond motifs is 5. The highest BCUT2D eigenvalue weighted by atomic mass is 14.9. The first-order valence-corrected chi connectivity index (χ1v) is 14.2. The molecular weight excluding hydrogens is 374 g/mol. The highest BCUT2D eigenvalue weighted by Crippen LogP contribution is 2.70. The maximum Gasteiger partial charge on any atom is 0.136 e. The second-order valence-corrected chi connectivity index (χ2v) is 14.2. The Hall–Kier alpha value is -0.0400. The van der Waals surface area contributed by atoms with Crippen LogP contribution in [0.15, 0.2) is 0 Å². The molecule has 0 saturated heterocycles. The third-order valence-electron chi connectivity index (χ3n) is 12.2. The van der Waals surface area contributed by atoms with Crippen LogP contribution in [0.2, 0.25) is 0 Å². The fourth-order valence-corrected chi connectivity index (χ4v) is 10.6. The van der Waals surface area contributed by atoms with E-state index < -0.39 is 0 Å². The van der Waals surface area contributed by atoms with Crippen molar-refractivity contribution in [2.24, 2.45) is 57.7 Å². The molecule has 1 heteroatoms. The zero-order chi connectivity index (χ0) is 22.6. The van der Waals surface area contributed by atoms with Gasteiger partial charge < -0.3 is 0 Å². The molecule has 0 bridgehead atoms. The minimum Gasteiger partial charge on any atom is -0.182 e. The number of rotatable bonds is 6. The molecular formula is C30H55N+. The summed E-state index contributed by atoms with van der Waals surface area (Å²) in [5, 5.41) is 3.70. The summed E-state index contributed by atoms with van der Waals surface area (Å²) in [7, 11) is 2.20. The lowest BCUT2D eigenvalue weighted by molar-refractivity contribution is -0.683. The van der Waals surface area contributed by atoms with E-state index in [4.69, 9.17) is 0 Å². The van der Waals surface area contributed by atoms with Crippen LogP contribution in [0.1, 0.15) is 119 Å². The maximum atomic E-state index is 3.70. The molecule has 1 N–H and O–H groups in total. The molecule has 4 rings (SSSR count). The zero-order valence-electron chi connectivity index (χ0n) is 22.4. The fraction of sp³-hybridized carbons (Fsp3) is 1.00.